The Morgan fingerprint density at radius 1 is 1.17 bits per heavy atom. The molecule has 0 aliphatic carbocycles. The molecule has 2 heterocycles. The summed E-state index contributed by atoms with van der Waals surface area (Å²) in [5.41, 5.74) is 2.37. The van der Waals surface area contributed by atoms with Gasteiger partial charge < -0.3 is 5.32 Å². The highest BCUT2D eigenvalue weighted by atomic mass is 32.1. The van der Waals surface area contributed by atoms with Crippen LogP contribution in [0.5, 0.6) is 0 Å². The van der Waals surface area contributed by atoms with E-state index in [0.717, 1.165) is 16.3 Å². The lowest BCUT2D eigenvalue weighted by atomic mass is 10.2. The number of rotatable bonds is 5. The molecule has 0 unspecified atom stereocenters. The molecule has 4 nitrogen and oxygen atoms in total. The summed E-state index contributed by atoms with van der Waals surface area (Å²) in [5, 5.41) is 5.46. The van der Waals surface area contributed by atoms with Crippen molar-refractivity contribution in [2.24, 2.45) is 0 Å². The number of halogens is 1. The molecule has 1 aromatic carbocycles. The van der Waals surface area contributed by atoms with Gasteiger partial charge in [0.25, 0.3) is 0 Å². The van der Waals surface area contributed by atoms with E-state index >= 15 is 0 Å². The average molecular weight is 327 g/mol. The number of carbonyl (C=O) groups excluding carboxylic acids is 1. The lowest BCUT2D eigenvalue weighted by Gasteiger charge is -2.04. The predicted molar refractivity (Wildman–Crippen MR) is 87.3 cm³/mol. The largest absolute Gasteiger partial charge is 0.352 e. The van der Waals surface area contributed by atoms with Gasteiger partial charge in [-0.2, -0.15) is 0 Å². The Balaban J connectivity index is 1.56. The fourth-order valence-electron chi connectivity index (χ4n) is 2.02. The van der Waals surface area contributed by atoms with Gasteiger partial charge in [-0.05, 0) is 29.8 Å². The highest BCUT2D eigenvalue weighted by Gasteiger charge is 2.09. The summed E-state index contributed by atoms with van der Waals surface area (Å²) in [6.07, 6.45) is 1.93. The van der Waals surface area contributed by atoms with E-state index in [9.17, 15) is 9.18 Å². The molecule has 0 aliphatic heterocycles. The van der Waals surface area contributed by atoms with E-state index in [2.05, 4.69) is 15.3 Å². The van der Waals surface area contributed by atoms with Gasteiger partial charge in [-0.1, -0.05) is 18.2 Å². The van der Waals surface area contributed by atoms with E-state index in [4.69, 9.17) is 0 Å². The number of nitrogens with zero attached hydrogens (tertiary/aromatic N) is 2. The van der Waals surface area contributed by atoms with E-state index in [0.29, 0.717) is 12.2 Å². The summed E-state index contributed by atoms with van der Waals surface area (Å²) in [7, 11) is 0. The smallest absolute Gasteiger partial charge is 0.226 e. The maximum Gasteiger partial charge on any atom is 0.226 e. The number of carbonyl (C=O) groups is 1. The number of thiazole rings is 1. The Bertz CT molecular complexity index is 787. The summed E-state index contributed by atoms with van der Waals surface area (Å²) in [6.45, 7) is 0.371. The van der Waals surface area contributed by atoms with Crippen LogP contribution in [0.2, 0.25) is 0 Å². The first-order valence-corrected chi connectivity index (χ1v) is 7.95. The Hall–Kier alpha value is -2.60. The second-order valence-electron chi connectivity index (χ2n) is 4.94. The number of nitrogens with one attached hydrogen (secondary N) is 1. The number of benzene rings is 1. The summed E-state index contributed by atoms with van der Waals surface area (Å²) in [4.78, 5) is 20.6. The van der Waals surface area contributed by atoms with Crippen LogP contribution in [0.15, 0.2) is 54.0 Å². The van der Waals surface area contributed by atoms with Gasteiger partial charge in [-0.15, -0.1) is 11.3 Å². The Morgan fingerprint density at radius 2 is 2.00 bits per heavy atom. The fourth-order valence-corrected chi connectivity index (χ4v) is 2.82. The first-order chi connectivity index (χ1) is 11.2. The van der Waals surface area contributed by atoms with Gasteiger partial charge >= 0.3 is 0 Å². The third kappa shape index (κ3) is 4.20. The third-order valence-corrected chi connectivity index (χ3v) is 4.09. The summed E-state index contributed by atoms with van der Waals surface area (Å²) < 4.78 is 12.8. The Labute approximate surface area is 137 Å². The molecule has 3 rings (SSSR count). The summed E-state index contributed by atoms with van der Waals surface area (Å²) in [5.74, 6) is -0.406. The van der Waals surface area contributed by atoms with Gasteiger partial charge in [0.1, 0.15) is 10.8 Å². The number of aromatic nitrogens is 2. The maximum absolute atomic E-state index is 12.8. The van der Waals surface area contributed by atoms with E-state index in [-0.39, 0.29) is 18.1 Å². The van der Waals surface area contributed by atoms with Gasteiger partial charge in [0.15, 0.2) is 0 Å². The van der Waals surface area contributed by atoms with E-state index < -0.39 is 0 Å². The molecule has 0 aliphatic rings. The molecule has 0 bridgehead atoms. The summed E-state index contributed by atoms with van der Waals surface area (Å²) in [6, 6.07) is 11.7. The SMILES string of the molecule is O=C(Cc1csc(-c2ccccn2)n1)NCc1ccc(F)cc1. The molecule has 23 heavy (non-hydrogen) atoms. The van der Waals surface area contributed by atoms with Gasteiger partial charge in [-0.3, -0.25) is 9.78 Å². The van der Waals surface area contributed by atoms with Crippen LogP contribution in [0, 0.1) is 5.82 Å². The highest BCUT2D eigenvalue weighted by molar-refractivity contribution is 7.13. The summed E-state index contributed by atoms with van der Waals surface area (Å²) >= 11 is 1.47. The third-order valence-electron chi connectivity index (χ3n) is 3.18. The van der Waals surface area contributed by atoms with Gasteiger partial charge in [0, 0.05) is 18.1 Å². The van der Waals surface area contributed by atoms with Crippen molar-refractivity contribution in [3.8, 4) is 10.7 Å². The first kappa shape index (κ1) is 15.3. The molecule has 0 spiro atoms. The Kier molecular flexibility index (Phi) is 4.73. The predicted octanol–water partition coefficient (Wildman–Crippen LogP) is 3.20. The zero-order valence-electron chi connectivity index (χ0n) is 12.2. The van der Waals surface area contributed by atoms with Crippen LogP contribution >= 0.6 is 11.3 Å². The molecule has 0 radical (unpaired) electrons. The van der Waals surface area contributed by atoms with Crippen LogP contribution in [0.25, 0.3) is 10.7 Å². The van der Waals surface area contributed by atoms with Crippen molar-refractivity contribution < 1.29 is 9.18 Å². The number of pyridine rings is 1. The van der Waals surface area contributed by atoms with Crippen LogP contribution in [0.3, 0.4) is 0 Å². The van der Waals surface area contributed by atoms with Gasteiger partial charge in [0.2, 0.25) is 5.91 Å². The van der Waals surface area contributed by atoms with Crippen molar-refractivity contribution in [2.75, 3.05) is 0 Å². The standard InChI is InChI=1S/C17H14FN3OS/c18-13-6-4-12(5-7-13)10-20-16(22)9-14-11-23-17(21-14)15-3-1-2-8-19-15/h1-8,11H,9-10H2,(H,20,22). The number of hydrogen-bond donors (Lipinski definition) is 1. The lowest BCUT2D eigenvalue weighted by molar-refractivity contribution is -0.120. The second kappa shape index (κ2) is 7.11. The molecule has 0 saturated heterocycles. The quantitative estimate of drug-likeness (QED) is 0.783. The molecule has 2 aromatic heterocycles. The normalized spacial score (nSPS) is 10.5. The molecular weight excluding hydrogens is 313 g/mol. The van der Waals surface area contributed by atoms with Gasteiger partial charge in [-0.25, -0.2) is 9.37 Å². The Morgan fingerprint density at radius 3 is 2.74 bits per heavy atom. The van der Waals surface area contributed by atoms with Crippen molar-refractivity contribution in [2.45, 2.75) is 13.0 Å². The van der Waals surface area contributed by atoms with Gasteiger partial charge in [0.05, 0.1) is 17.8 Å². The molecule has 0 atom stereocenters. The molecule has 3 aromatic rings. The topological polar surface area (TPSA) is 54.9 Å². The minimum absolute atomic E-state index is 0.118. The van der Waals surface area contributed by atoms with Crippen LogP contribution in [0.1, 0.15) is 11.3 Å². The van der Waals surface area contributed by atoms with E-state index in [1.54, 1.807) is 18.3 Å². The second-order valence-corrected chi connectivity index (χ2v) is 5.80. The first-order valence-electron chi connectivity index (χ1n) is 7.07. The van der Waals surface area contributed by atoms with Crippen LogP contribution in [-0.2, 0) is 17.8 Å². The molecule has 6 heteroatoms. The van der Waals surface area contributed by atoms with Crippen molar-refractivity contribution in [3.05, 3.63) is 71.1 Å². The number of amides is 1. The van der Waals surface area contributed by atoms with E-state index in [1.165, 1.54) is 23.5 Å². The molecular formula is C17H14FN3OS. The molecule has 116 valence electrons. The monoisotopic (exact) mass is 327 g/mol. The van der Waals surface area contributed by atoms with Crippen molar-refractivity contribution in [1.82, 2.24) is 15.3 Å². The molecule has 1 N–H and O–H groups in total. The van der Waals surface area contributed by atoms with Crippen molar-refractivity contribution in [1.29, 1.82) is 0 Å². The van der Waals surface area contributed by atoms with Crippen LogP contribution in [-0.4, -0.2) is 15.9 Å². The fraction of sp³-hybridized carbons (Fsp3) is 0.118. The maximum atomic E-state index is 12.8. The average Bonchev–Trinajstić information content (AvgIpc) is 3.04. The van der Waals surface area contributed by atoms with E-state index in [1.807, 2.05) is 23.6 Å². The number of hydrogen-bond acceptors (Lipinski definition) is 4. The van der Waals surface area contributed by atoms with Crippen molar-refractivity contribution >= 4 is 17.2 Å². The minimum Gasteiger partial charge on any atom is -0.352 e. The van der Waals surface area contributed by atoms with Crippen molar-refractivity contribution in [3.63, 3.8) is 0 Å². The molecule has 1 amide bonds. The molecule has 0 fully saturated rings. The van der Waals surface area contributed by atoms with Crippen LogP contribution in [0.4, 0.5) is 4.39 Å². The zero-order chi connectivity index (χ0) is 16.1. The zero-order valence-corrected chi connectivity index (χ0v) is 13.0. The molecule has 0 saturated carbocycles. The lowest BCUT2D eigenvalue weighted by Crippen LogP contribution is -2.24. The highest BCUT2D eigenvalue weighted by Crippen LogP contribution is 2.21. The van der Waals surface area contributed by atoms with Crippen LogP contribution < -0.4 is 5.32 Å². The minimum atomic E-state index is -0.287.